The number of carbonyl (C=O) groups is 1. The monoisotopic (exact) mass is 598 g/mol. The Bertz CT molecular complexity index is 1190. The van der Waals surface area contributed by atoms with E-state index in [0.717, 1.165) is 44.1 Å². The van der Waals surface area contributed by atoms with Gasteiger partial charge in [0.25, 0.3) is 0 Å². The van der Waals surface area contributed by atoms with Crippen molar-refractivity contribution in [2.24, 2.45) is 44.8 Å². The number of aliphatic hydroxyl groups excluding tert-OH is 1. The zero-order valence-corrected chi connectivity index (χ0v) is 26.4. The Labute approximate surface area is 247 Å². The molecule has 0 aromatic heterocycles. The van der Waals surface area contributed by atoms with Gasteiger partial charge in [-0.2, -0.15) is 0 Å². The second kappa shape index (κ2) is 8.90. The molecule has 0 unspecified atom stereocenters. The van der Waals surface area contributed by atoms with Crippen molar-refractivity contribution in [3.05, 3.63) is 11.3 Å². The predicted molar refractivity (Wildman–Crippen MR) is 149 cm³/mol. The van der Waals surface area contributed by atoms with E-state index < -0.39 is 53.2 Å². The molecule has 0 aromatic rings. The smallest absolute Gasteiger partial charge is 0.488 e. The molecule has 0 bridgehead atoms. The Kier molecular flexibility index (Phi) is 6.50. The molecule has 4 fully saturated rings. The fourth-order valence-electron chi connectivity index (χ4n) is 12.1. The van der Waals surface area contributed by atoms with E-state index >= 15 is 0 Å². The summed E-state index contributed by atoms with van der Waals surface area (Å²) in [5, 5.41) is 23.2. The van der Waals surface area contributed by atoms with Crippen LogP contribution in [0.1, 0.15) is 107 Å². The number of alkyl halides is 3. The minimum Gasteiger partial charge on any atom is -0.488 e. The Morgan fingerprint density at radius 3 is 2.24 bits per heavy atom. The van der Waals surface area contributed by atoms with Crippen molar-refractivity contribution >= 4 is 5.97 Å². The molecular formula is C33H49F3O6. The standard InChI is InChI=1S/C33H49F3O6/c1-17-15-19(26(28(5,6)39)40-18(2)37)41-24-23(17)29(7)13-14-32-16-31(32)12-11-22(42-33(34,35)36)27(3,4)20(31)9-10-21(32)30(29,8)25(24)38/h17,19-22,25-26,38-39H,9-16H2,1-8H3/t17-,19-,20+,21+,22+,25+,26+,29-,30-,31-,32+/m1/s1. The van der Waals surface area contributed by atoms with Gasteiger partial charge in [-0.1, -0.05) is 34.6 Å². The summed E-state index contributed by atoms with van der Waals surface area (Å²) in [4.78, 5) is 12.0. The highest BCUT2D eigenvalue weighted by Crippen LogP contribution is 2.89. The van der Waals surface area contributed by atoms with Crippen molar-refractivity contribution < 1.29 is 42.4 Å². The molecule has 1 aliphatic heterocycles. The van der Waals surface area contributed by atoms with Crippen molar-refractivity contribution in [3.63, 3.8) is 0 Å². The highest BCUT2D eigenvalue weighted by Gasteiger charge is 2.83. The number of hydrogen-bond donors (Lipinski definition) is 2. The Morgan fingerprint density at radius 1 is 1.02 bits per heavy atom. The summed E-state index contributed by atoms with van der Waals surface area (Å²) in [5.41, 5.74) is -1.59. The molecule has 6 rings (SSSR count). The molecule has 6 nitrogen and oxygen atoms in total. The van der Waals surface area contributed by atoms with Crippen LogP contribution in [0.15, 0.2) is 11.3 Å². The predicted octanol–water partition coefficient (Wildman–Crippen LogP) is 6.68. The fraction of sp³-hybridized carbons (Fsp3) is 0.909. The highest BCUT2D eigenvalue weighted by atomic mass is 19.4. The number of fused-ring (bicyclic) bond motifs is 3. The van der Waals surface area contributed by atoms with E-state index in [1.165, 1.54) is 6.92 Å². The van der Waals surface area contributed by atoms with Crippen LogP contribution in [0.2, 0.25) is 0 Å². The SMILES string of the molecule is CC(=O)O[C@@H]([C@H]1C[C@@H](C)C2=C(O1)[C@H](O)[C@@]1(C)[C@@H]3CC[C@H]4C(C)(C)[C@@H](OC(F)(F)F)CC[C@@]45C[C@@]35CC[C@]21C)C(C)(C)O. The molecule has 9 heteroatoms. The van der Waals surface area contributed by atoms with Gasteiger partial charge in [-0.15, -0.1) is 13.2 Å². The van der Waals surface area contributed by atoms with E-state index in [0.29, 0.717) is 18.6 Å². The van der Waals surface area contributed by atoms with Gasteiger partial charge >= 0.3 is 12.3 Å². The average molecular weight is 599 g/mol. The van der Waals surface area contributed by atoms with Gasteiger partial charge in [0.1, 0.15) is 18.0 Å². The number of carbonyl (C=O) groups excluding carboxylic acids is 1. The first-order valence-corrected chi connectivity index (χ1v) is 15.9. The first-order valence-electron chi connectivity index (χ1n) is 15.9. The second-order valence-corrected chi connectivity index (χ2v) is 16.4. The van der Waals surface area contributed by atoms with E-state index in [2.05, 4.69) is 20.8 Å². The summed E-state index contributed by atoms with van der Waals surface area (Å²) in [6, 6.07) is 0. The van der Waals surface area contributed by atoms with Crippen LogP contribution in [0.5, 0.6) is 0 Å². The summed E-state index contributed by atoms with van der Waals surface area (Å²) < 4.78 is 56.9. The fourth-order valence-corrected chi connectivity index (χ4v) is 12.1. The molecule has 11 atom stereocenters. The van der Waals surface area contributed by atoms with Crippen LogP contribution < -0.4 is 0 Å². The third kappa shape index (κ3) is 3.83. The van der Waals surface area contributed by atoms with Crippen LogP contribution in [0.25, 0.3) is 0 Å². The summed E-state index contributed by atoms with van der Waals surface area (Å²) in [6.45, 7) is 15.1. The molecule has 0 aromatic carbocycles. The number of halogens is 3. The van der Waals surface area contributed by atoms with E-state index in [4.69, 9.17) is 14.2 Å². The van der Waals surface area contributed by atoms with Gasteiger partial charge in [-0.05, 0) is 105 Å². The molecule has 5 aliphatic carbocycles. The van der Waals surface area contributed by atoms with Crippen molar-refractivity contribution in [1.82, 2.24) is 0 Å². The van der Waals surface area contributed by atoms with E-state index in [1.807, 2.05) is 13.8 Å². The maximum Gasteiger partial charge on any atom is 0.522 e. The molecule has 1 heterocycles. The van der Waals surface area contributed by atoms with E-state index in [1.54, 1.807) is 13.8 Å². The largest absolute Gasteiger partial charge is 0.522 e. The molecule has 4 saturated carbocycles. The molecule has 2 spiro atoms. The van der Waals surface area contributed by atoms with Crippen molar-refractivity contribution in [1.29, 1.82) is 0 Å². The number of ether oxygens (including phenoxy) is 3. The van der Waals surface area contributed by atoms with Gasteiger partial charge in [0, 0.05) is 17.8 Å². The molecule has 42 heavy (non-hydrogen) atoms. The van der Waals surface area contributed by atoms with Gasteiger partial charge in [-0.25, -0.2) is 0 Å². The van der Waals surface area contributed by atoms with Crippen LogP contribution in [-0.2, 0) is 19.0 Å². The van der Waals surface area contributed by atoms with Gasteiger partial charge in [-0.3, -0.25) is 9.53 Å². The number of rotatable bonds is 4. The lowest BCUT2D eigenvalue weighted by Crippen LogP contribution is -2.60. The summed E-state index contributed by atoms with van der Waals surface area (Å²) in [5.74, 6) is 0.514. The van der Waals surface area contributed by atoms with E-state index in [9.17, 15) is 28.2 Å². The van der Waals surface area contributed by atoms with Crippen LogP contribution in [0.4, 0.5) is 13.2 Å². The topological polar surface area (TPSA) is 85.2 Å². The number of allylic oxidation sites excluding steroid dienone is 1. The number of hydrogen-bond acceptors (Lipinski definition) is 6. The molecule has 0 amide bonds. The minimum absolute atomic E-state index is 0.00372. The van der Waals surface area contributed by atoms with Gasteiger partial charge in [0.15, 0.2) is 6.10 Å². The molecule has 2 N–H and O–H groups in total. The lowest BCUT2D eigenvalue weighted by molar-refractivity contribution is -0.364. The number of esters is 1. The lowest BCUT2D eigenvalue weighted by Gasteiger charge is -2.63. The maximum absolute atomic E-state index is 13.3. The molecular weight excluding hydrogens is 549 g/mol. The normalized spacial score (nSPS) is 48.1. The van der Waals surface area contributed by atoms with Crippen LogP contribution in [0, 0.1) is 44.8 Å². The van der Waals surface area contributed by atoms with Gasteiger partial charge < -0.3 is 19.7 Å². The third-order valence-electron chi connectivity index (χ3n) is 13.8. The van der Waals surface area contributed by atoms with Gasteiger partial charge in [0.05, 0.1) is 11.7 Å². The quantitative estimate of drug-likeness (QED) is 0.352. The Morgan fingerprint density at radius 2 is 1.64 bits per heavy atom. The average Bonchev–Trinajstić information content (AvgIpc) is 3.48. The first-order chi connectivity index (χ1) is 19.2. The Hall–Kier alpha value is -1.32. The van der Waals surface area contributed by atoms with Crippen LogP contribution in [-0.4, -0.2) is 52.6 Å². The van der Waals surface area contributed by atoms with Crippen molar-refractivity contribution in [2.75, 3.05) is 0 Å². The molecule has 238 valence electrons. The van der Waals surface area contributed by atoms with Crippen LogP contribution in [0.3, 0.4) is 0 Å². The van der Waals surface area contributed by atoms with Crippen LogP contribution >= 0.6 is 0 Å². The molecule has 0 radical (unpaired) electrons. The summed E-state index contributed by atoms with van der Waals surface area (Å²) in [6.07, 6.45) is -1.52. The molecule has 0 saturated heterocycles. The third-order valence-corrected chi connectivity index (χ3v) is 13.8. The Balaban J connectivity index is 1.32. The van der Waals surface area contributed by atoms with Crippen molar-refractivity contribution in [2.45, 2.75) is 143 Å². The minimum atomic E-state index is -4.64. The highest BCUT2D eigenvalue weighted by molar-refractivity contribution is 5.66. The van der Waals surface area contributed by atoms with Crippen molar-refractivity contribution in [3.8, 4) is 0 Å². The lowest BCUT2D eigenvalue weighted by atomic mass is 9.41. The second-order valence-electron chi connectivity index (χ2n) is 16.4. The van der Waals surface area contributed by atoms with Gasteiger partial charge in [0.2, 0.25) is 0 Å². The summed E-state index contributed by atoms with van der Waals surface area (Å²) >= 11 is 0. The zero-order valence-electron chi connectivity index (χ0n) is 26.4. The van der Waals surface area contributed by atoms with E-state index in [-0.39, 0.29) is 34.0 Å². The zero-order chi connectivity index (χ0) is 31.1. The summed E-state index contributed by atoms with van der Waals surface area (Å²) in [7, 11) is 0. The first kappa shape index (κ1) is 30.7. The maximum atomic E-state index is 13.3. The number of aliphatic hydroxyl groups is 2. The molecule has 6 aliphatic rings.